The van der Waals surface area contributed by atoms with Gasteiger partial charge < -0.3 is 15.5 Å². The van der Waals surface area contributed by atoms with Crippen LogP contribution in [0.5, 0.6) is 0 Å². The molecule has 444 valence electrons. The number of rotatable bonds is 63. The van der Waals surface area contributed by atoms with E-state index in [4.69, 9.17) is 0 Å². The molecular weight excluding hydrogens is 927 g/mol. The van der Waals surface area contributed by atoms with E-state index in [9.17, 15) is 15.0 Å². The van der Waals surface area contributed by atoms with E-state index in [1.165, 1.54) is 283 Å². The van der Waals surface area contributed by atoms with Crippen LogP contribution in [0.15, 0.2) is 72.9 Å². The number of carbonyl (C=O) groups is 1. The first-order valence-corrected chi connectivity index (χ1v) is 34.2. The van der Waals surface area contributed by atoms with Crippen molar-refractivity contribution in [3.8, 4) is 0 Å². The molecule has 3 N–H and O–H groups in total. The Kier molecular flexibility index (Phi) is 65.2. The Morgan fingerprint density at radius 2 is 0.592 bits per heavy atom. The largest absolute Gasteiger partial charge is 0.394 e. The molecule has 0 fully saturated rings. The number of aliphatic hydroxyl groups is 2. The van der Waals surface area contributed by atoms with Crippen LogP contribution in [0, 0.1) is 0 Å². The second-order valence-electron chi connectivity index (χ2n) is 23.2. The molecule has 0 spiro atoms. The minimum atomic E-state index is -0.863. The SMILES string of the molecule is CC/C=C\C/C=C\C/C=C\C/C=C\CCCCCCCCCCCCCCCCCCCCCCCCCCCCCCC(=O)NC(CO)C(O)/C=C/CC/C=C/CCCCCCCCCCCCCCCCCCC. The lowest BCUT2D eigenvalue weighted by Gasteiger charge is -2.19. The fourth-order valence-corrected chi connectivity index (χ4v) is 10.5. The predicted molar refractivity (Wildman–Crippen MR) is 341 cm³/mol. The number of amides is 1. The van der Waals surface area contributed by atoms with Gasteiger partial charge in [0, 0.05) is 6.42 Å². The molecular formula is C72H133NO3. The summed E-state index contributed by atoms with van der Waals surface area (Å²) < 4.78 is 0. The Bertz CT molecular complexity index is 1290. The van der Waals surface area contributed by atoms with Gasteiger partial charge in [0.15, 0.2) is 0 Å². The van der Waals surface area contributed by atoms with Gasteiger partial charge in [-0.15, -0.1) is 0 Å². The van der Waals surface area contributed by atoms with Crippen molar-refractivity contribution in [1.29, 1.82) is 0 Å². The maximum Gasteiger partial charge on any atom is 0.220 e. The summed E-state index contributed by atoms with van der Waals surface area (Å²) in [5.41, 5.74) is 0. The van der Waals surface area contributed by atoms with E-state index in [1.807, 2.05) is 6.08 Å². The van der Waals surface area contributed by atoms with E-state index in [2.05, 4.69) is 79.9 Å². The normalized spacial score (nSPS) is 13.2. The fourth-order valence-electron chi connectivity index (χ4n) is 10.5. The molecule has 0 bridgehead atoms. The van der Waals surface area contributed by atoms with Gasteiger partial charge in [-0.25, -0.2) is 0 Å². The molecule has 4 heteroatoms. The molecule has 0 rings (SSSR count). The van der Waals surface area contributed by atoms with Crippen LogP contribution in [0.3, 0.4) is 0 Å². The molecule has 2 atom stereocenters. The summed E-state index contributed by atoms with van der Waals surface area (Å²) in [5.74, 6) is -0.0673. The van der Waals surface area contributed by atoms with E-state index in [0.717, 1.165) is 57.8 Å². The lowest BCUT2D eigenvalue weighted by molar-refractivity contribution is -0.123. The van der Waals surface area contributed by atoms with Gasteiger partial charge in [0.05, 0.1) is 18.8 Å². The molecule has 0 aromatic rings. The first kappa shape index (κ1) is 73.8. The number of hydrogen-bond acceptors (Lipinski definition) is 3. The zero-order valence-corrected chi connectivity index (χ0v) is 51.3. The molecule has 0 radical (unpaired) electrons. The Morgan fingerprint density at radius 1 is 0.329 bits per heavy atom. The van der Waals surface area contributed by atoms with Gasteiger partial charge in [0.2, 0.25) is 5.91 Å². The average molecular weight is 1060 g/mol. The molecule has 0 aliphatic heterocycles. The van der Waals surface area contributed by atoms with Crippen molar-refractivity contribution in [2.45, 2.75) is 373 Å². The zero-order chi connectivity index (χ0) is 54.8. The van der Waals surface area contributed by atoms with Gasteiger partial charge in [-0.05, 0) is 70.6 Å². The van der Waals surface area contributed by atoms with Gasteiger partial charge in [-0.2, -0.15) is 0 Å². The number of aliphatic hydroxyl groups excluding tert-OH is 2. The van der Waals surface area contributed by atoms with E-state index in [-0.39, 0.29) is 12.5 Å². The summed E-state index contributed by atoms with van der Waals surface area (Å²) in [6, 6.07) is -0.640. The van der Waals surface area contributed by atoms with E-state index < -0.39 is 12.1 Å². The summed E-state index contributed by atoms with van der Waals surface area (Å²) in [6.07, 6.45) is 97.1. The lowest BCUT2D eigenvalue weighted by atomic mass is 10.0. The standard InChI is InChI=1S/C72H133NO3/c1-3-5-7-9-11-13-15-17-19-21-23-25-27-28-29-30-31-32-33-34-35-36-37-38-39-40-41-42-43-44-46-48-50-52-54-56-58-60-62-64-66-68-72(76)73-70(69-74)71(75)67-65-63-61-59-57-55-53-51-49-47-45-26-24-22-20-18-16-14-12-10-8-6-4-2/h5,7,11,13,17,19,23,25,57,59,65,67,70-71,74-75H,3-4,6,8-10,12,14-16,18,20-22,24,26-56,58,60-64,66,68-69H2,1-2H3,(H,73,76)/b7-5-,13-11-,19-17-,25-23-,59-57+,67-65+. The van der Waals surface area contributed by atoms with Gasteiger partial charge in [0.25, 0.3) is 0 Å². The summed E-state index contributed by atoms with van der Waals surface area (Å²) >= 11 is 0. The maximum absolute atomic E-state index is 12.5. The smallest absolute Gasteiger partial charge is 0.220 e. The molecule has 2 unspecified atom stereocenters. The average Bonchev–Trinajstić information content (AvgIpc) is 3.42. The van der Waals surface area contributed by atoms with Crippen LogP contribution in [0.2, 0.25) is 0 Å². The van der Waals surface area contributed by atoms with Crippen LogP contribution < -0.4 is 5.32 Å². The van der Waals surface area contributed by atoms with Crippen molar-refractivity contribution in [2.75, 3.05) is 6.61 Å². The third-order valence-electron chi connectivity index (χ3n) is 15.7. The Hall–Kier alpha value is -2.17. The number of nitrogens with one attached hydrogen (secondary N) is 1. The highest BCUT2D eigenvalue weighted by atomic mass is 16.3. The van der Waals surface area contributed by atoms with E-state index in [1.54, 1.807) is 6.08 Å². The summed E-state index contributed by atoms with van der Waals surface area (Å²) in [5, 5.41) is 23.2. The molecule has 0 aromatic carbocycles. The van der Waals surface area contributed by atoms with Crippen LogP contribution >= 0.6 is 0 Å². The highest BCUT2D eigenvalue weighted by Crippen LogP contribution is 2.18. The van der Waals surface area contributed by atoms with Crippen LogP contribution in [0.25, 0.3) is 0 Å². The first-order chi connectivity index (χ1) is 37.7. The minimum Gasteiger partial charge on any atom is -0.394 e. The van der Waals surface area contributed by atoms with Crippen molar-refractivity contribution < 1.29 is 15.0 Å². The number of unbranched alkanes of at least 4 members (excludes halogenated alkanes) is 46. The van der Waals surface area contributed by atoms with Gasteiger partial charge in [0.1, 0.15) is 0 Å². The molecule has 0 aliphatic carbocycles. The van der Waals surface area contributed by atoms with Gasteiger partial charge in [-0.1, -0.05) is 356 Å². The highest BCUT2D eigenvalue weighted by Gasteiger charge is 2.18. The fraction of sp³-hybridized carbons (Fsp3) is 0.819. The molecule has 0 aliphatic rings. The second kappa shape index (κ2) is 67.1. The third-order valence-corrected chi connectivity index (χ3v) is 15.7. The molecule has 4 nitrogen and oxygen atoms in total. The Labute approximate surface area is 476 Å². The lowest BCUT2D eigenvalue weighted by Crippen LogP contribution is -2.45. The molecule has 0 aromatic heterocycles. The molecule has 76 heavy (non-hydrogen) atoms. The van der Waals surface area contributed by atoms with E-state index in [0.29, 0.717) is 6.42 Å². The summed E-state index contributed by atoms with van der Waals surface area (Å²) in [6.45, 7) is 4.22. The van der Waals surface area contributed by atoms with E-state index >= 15 is 0 Å². The molecule has 0 heterocycles. The van der Waals surface area contributed by atoms with Gasteiger partial charge >= 0.3 is 0 Å². The third kappa shape index (κ3) is 62.7. The molecule has 0 saturated carbocycles. The van der Waals surface area contributed by atoms with Crippen LogP contribution in [-0.4, -0.2) is 34.9 Å². The maximum atomic E-state index is 12.5. The molecule has 0 saturated heterocycles. The van der Waals surface area contributed by atoms with Crippen molar-refractivity contribution >= 4 is 5.91 Å². The monoisotopic (exact) mass is 1060 g/mol. The van der Waals surface area contributed by atoms with Crippen molar-refractivity contribution in [3.63, 3.8) is 0 Å². The summed E-state index contributed by atoms with van der Waals surface area (Å²) in [4.78, 5) is 12.5. The number of allylic oxidation sites excluding steroid dienone is 11. The zero-order valence-electron chi connectivity index (χ0n) is 51.3. The predicted octanol–water partition coefficient (Wildman–Crippen LogP) is 23.3. The van der Waals surface area contributed by atoms with Crippen molar-refractivity contribution in [1.82, 2.24) is 5.32 Å². The first-order valence-electron chi connectivity index (χ1n) is 34.2. The Morgan fingerprint density at radius 3 is 0.921 bits per heavy atom. The van der Waals surface area contributed by atoms with Crippen LogP contribution in [-0.2, 0) is 4.79 Å². The topological polar surface area (TPSA) is 69.6 Å². The second-order valence-corrected chi connectivity index (χ2v) is 23.2. The van der Waals surface area contributed by atoms with Crippen molar-refractivity contribution in [2.24, 2.45) is 0 Å². The summed E-state index contributed by atoms with van der Waals surface area (Å²) in [7, 11) is 0. The number of carbonyl (C=O) groups excluding carboxylic acids is 1. The number of hydrogen-bond donors (Lipinski definition) is 3. The molecule has 1 amide bonds. The Balaban J connectivity index is 3.42. The van der Waals surface area contributed by atoms with Crippen molar-refractivity contribution in [3.05, 3.63) is 72.9 Å². The van der Waals surface area contributed by atoms with Gasteiger partial charge in [-0.3, -0.25) is 4.79 Å². The van der Waals surface area contributed by atoms with Crippen LogP contribution in [0.4, 0.5) is 0 Å². The quantitative estimate of drug-likeness (QED) is 0.0420. The minimum absolute atomic E-state index is 0.0673. The highest BCUT2D eigenvalue weighted by molar-refractivity contribution is 5.76. The van der Waals surface area contributed by atoms with Crippen LogP contribution in [0.1, 0.15) is 361 Å².